The van der Waals surface area contributed by atoms with Gasteiger partial charge in [-0.1, -0.05) is 84.4 Å². The van der Waals surface area contributed by atoms with Crippen LogP contribution in [0.4, 0.5) is 10.2 Å². The number of imidazole rings is 1. The number of nitrogens with zero attached hydrogens (tertiary/aromatic N) is 4. The van der Waals surface area contributed by atoms with Crippen LogP contribution in [0.1, 0.15) is 76.1 Å². The van der Waals surface area contributed by atoms with Crippen molar-refractivity contribution in [2.24, 2.45) is 0 Å². The molecule has 49 heavy (non-hydrogen) atoms. The molecule has 2 aromatic carbocycles. The number of carbonyl (C=O) groups is 2. The van der Waals surface area contributed by atoms with Gasteiger partial charge in [0.25, 0.3) is 11.8 Å². The lowest BCUT2D eigenvalue weighted by Crippen LogP contribution is -2.38. The zero-order valence-electron chi connectivity index (χ0n) is 27.2. The molecule has 1 fully saturated rings. The number of allylic oxidation sites excluding steroid dienone is 6. The van der Waals surface area contributed by atoms with Crippen LogP contribution in [0.5, 0.6) is 0 Å². The van der Waals surface area contributed by atoms with Crippen molar-refractivity contribution in [2.45, 2.75) is 44.7 Å². The molecule has 7 nitrogen and oxygen atoms in total. The van der Waals surface area contributed by atoms with Gasteiger partial charge in [0.15, 0.2) is 0 Å². The number of rotatable bonds is 7. The number of anilines is 1. The van der Waals surface area contributed by atoms with Crippen LogP contribution in [0.3, 0.4) is 0 Å². The van der Waals surface area contributed by atoms with Crippen LogP contribution < -0.4 is 5.32 Å². The number of alkyl halides is 1. The first-order chi connectivity index (χ1) is 23.7. The Kier molecular flexibility index (Phi) is 9.05. The lowest BCUT2D eigenvalue weighted by atomic mass is 9.93. The maximum atomic E-state index is 14.4. The molecule has 5 aromatic rings. The van der Waals surface area contributed by atoms with Crippen LogP contribution >= 0.6 is 22.9 Å². The predicted octanol–water partition coefficient (Wildman–Crippen LogP) is 9.40. The summed E-state index contributed by atoms with van der Waals surface area (Å²) in [6, 6.07) is 20.5. The fourth-order valence-electron chi connectivity index (χ4n) is 6.32. The second-order valence-corrected chi connectivity index (χ2v) is 14.0. The van der Waals surface area contributed by atoms with E-state index in [1.807, 2.05) is 94.4 Å². The molecule has 4 heterocycles. The van der Waals surface area contributed by atoms with Gasteiger partial charge in [-0.15, -0.1) is 11.3 Å². The Bertz CT molecular complexity index is 2130. The number of halogens is 2. The van der Waals surface area contributed by atoms with Gasteiger partial charge in [0.05, 0.1) is 5.01 Å². The van der Waals surface area contributed by atoms with Crippen molar-refractivity contribution in [1.82, 2.24) is 19.3 Å². The summed E-state index contributed by atoms with van der Waals surface area (Å²) in [6.45, 7) is 4.23. The molecular formula is C39H35ClFN5O2S. The van der Waals surface area contributed by atoms with E-state index in [-0.39, 0.29) is 17.7 Å². The molecule has 2 aliphatic rings. The Balaban J connectivity index is 1.04. The van der Waals surface area contributed by atoms with Crippen molar-refractivity contribution in [2.75, 3.05) is 18.4 Å². The maximum absolute atomic E-state index is 14.4. The number of amides is 2. The van der Waals surface area contributed by atoms with Crippen molar-refractivity contribution in [3.63, 3.8) is 0 Å². The first kappa shape index (κ1) is 32.7. The Labute approximate surface area is 293 Å². The Morgan fingerprint density at radius 3 is 2.53 bits per heavy atom. The van der Waals surface area contributed by atoms with E-state index in [4.69, 9.17) is 21.6 Å². The molecule has 3 aromatic heterocycles. The molecule has 0 atom stereocenters. The third kappa shape index (κ3) is 6.73. The highest BCUT2D eigenvalue weighted by atomic mass is 35.5. The summed E-state index contributed by atoms with van der Waals surface area (Å²) in [5.41, 5.74) is 3.83. The summed E-state index contributed by atoms with van der Waals surface area (Å²) in [7, 11) is 0. The molecule has 2 amide bonds. The quantitative estimate of drug-likeness (QED) is 0.184. The lowest BCUT2D eigenvalue weighted by molar-refractivity contribution is 0.0713. The molecule has 0 bridgehead atoms. The highest BCUT2D eigenvalue weighted by Crippen LogP contribution is 2.36. The zero-order valence-corrected chi connectivity index (χ0v) is 28.8. The van der Waals surface area contributed by atoms with Crippen molar-refractivity contribution < 1.29 is 14.0 Å². The molecule has 10 heteroatoms. The van der Waals surface area contributed by atoms with Crippen molar-refractivity contribution in [1.29, 1.82) is 0 Å². The van der Waals surface area contributed by atoms with Crippen LogP contribution in [0.2, 0.25) is 0 Å². The highest BCUT2D eigenvalue weighted by Gasteiger charge is 2.29. The fraction of sp³-hybridized carbons (Fsp3) is 0.231. The average molecular weight is 692 g/mol. The Morgan fingerprint density at radius 2 is 1.76 bits per heavy atom. The SMILES string of the molecule is CC(C)(F)c1ccc(-c2ccccc2C(=O)N2CCC(c3nc(C(=O)Nc4c(C5=CC=CCC=C5Cl)nc5ccccn45)cs3)CC2)cc1. The second-order valence-electron chi connectivity index (χ2n) is 12.7. The Morgan fingerprint density at radius 1 is 1.00 bits per heavy atom. The molecule has 0 radical (unpaired) electrons. The topological polar surface area (TPSA) is 79.6 Å². The van der Waals surface area contributed by atoms with Crippen LogP contribution in [0.15, 0.2) is 108 Å². The van der Waals surface area contributed by atoms with Gasteiger partial charge in [0.2, 0.25) is 0 Å². The summed E-state index contributed by atoms with van der Waals surface area (Å²) in [6.07, 6.45) is 11.8. The number of hydrogen-bond acceptors (Lipinski definition) is 5. The first-order valence-electron chi connectivity index (χ1n) is 16.3. The number of hydrogen-bond donors (Lipinski definition) is 1. The van der Waals surface area contributed by atoms with Crippen LogP contribution in [-0.4, -0.2) is 44.2 Å². The number of benzene rings is 2. The summed E-state index contributed by atoms with van der Waals surface area (Å²) in [5.74, 6) is 0.311. The normalized spacial score (nSPS) is 15.6. The van der Waals surface area contributed by atoms with Crippen molar-refractivity contribution in [3.05, 3.63) is 135 Å². The van der Waals surface area contributed by atoms with Gasteiger partial charge in [-0.3, -0.25) is 14.0 Å². The van der Waals surface area contributed by atoms with E-state index >= 15 is 0 Å². The molecule has 1 saturated heterocycles. The van der Waals surface area contributed by atoms with Gasteiger partial charge in [-0.2, -0.15) is 0 Å². The highest BCUT2D eigenvalue weighted by molar-refractivity contribution is 7.10. The number of pyridine rings is 1. The molecule has 1 N–H and O–H groups in total. The van der Waals surface area contributed by atoms with E-state index in [0.29, 0.717) is 58.5 Å². The number of nitrogens with one attached hydrogen (secondary N) is 1. The third-order valence-corrected chi connectivity index (χ3v) is 10.4. The summed E-state index contributed by atoms with van der Waals surface area (Å²) >= 11 is 8.10. The fourth-order valence-corrected chi connectivity index (χ4v) is 7.53. The molecular weight excluding hydrogens is 657 g/mol. The van der Waals surface area contributed by atoms with Gasteiger partial charge < -0.3 is 10.2 Å². The molecule has 1 aliphatic heterocycles. The minimum atomic E-state index is -1.44. The largest absolute Gasteiger partial charge is 0.339 e. The molecule has 0 unspecified atom stereocenters. The minimum absolute atomic E-state index is 0.0267. The third-order valence-electron chi connectivity index (χ3n) is 9.03. The first-order valence-corrected chi connectivity index (χ1v) is 17.6. The van der Waals surface area contributed by atoms with Gasteiger partial charge in [0.1, 0.15) is 28.5 Å². The van der Waals surface area contributed by atoms with E-state index < -0.39 is 5.67 Å². The molecule has 7 rings (SSSR count). The molecule has 248 valence electrons. The number of likely N-dealkylation sites (tertiary alicyclic amines) is 1. The van der Waals surface area contributed by atoms with E-state index in [9.17, 15) is 14.0 Å². The van der Waals surface area contributed by atoms with Gasteiger partial charge >= 0.3 is 0 Å². The van der Waals surface area contributed by atoms with E-state index in [2.05, 4.69) is 5.32 Å². The van der Waals surface area contributed by atoms with Crippen LogP contribution in [0.25, 0.3) is 22.3 Å². The van der Waals surface area contributed by atoms with Gasteiger partial charge in [-0.05, 0) is 68.0 Å². The maximum Gasteiger partial charge on any atom is 0.276 e. The van der Waals surface area contributed by atoms with Gasteiger partial charge in [0, 0.05) is 46.8 Å². The summed E-state index contributed by atoms with van der Waals surface area (Å²) in [5, 5.41) is 6.30. The number of fused-ring (bicyclic) bond motifs is 1. The second kappa shape index (κ2) is 13.6. The number of piperidine rings is 1. The monoisotopic (exact) mass is 691 g/mol. The standard InChI is InChI=1S/C39H35ClFN5O2S/c1-39(2,41)27-17-15-25(16-18-27)28-10-6-7-11-29(28)38(48)45-22-19-26(20-23-45)37-42-32(24-49-37)36(47)44-35-34(30-12-4-3-5-13-31(30)40)43-33-14-8-9-21-46(33)35/h3-4,6-18,21,24,26H,5,19-20,22-23H2,1-2H3,(H,44,47). The van der Waals surface area contributed by atoms with Crippen molar-refractivity contribution >= 4 is 51.8 Å². The zero-order chi connectivity index (χ0) is 34.1. The molecule has 0 spiro atoms. The summed E-state index contributed by atoms with van der Waals surface area (Å²) in [4.78, 5) is 38.8. The van der Waals surface area contributed by atoms with Crippen LogP contribution in [0, 0.1) is 0 Å². The molecule has 1 aliphatic carbocycles. The van der Waals surface area contributed by atoms with E-state index in [0.717, 1.165) is 34.5 Å². The number of thiazole rings is 1. The minimum Gasteiger partial charge on any atom is -0.339 e. The lowest BCUT2D eigenvalue weighted by Gasteiger charge is -2.31. The van der Waals surface area contributed by atoms with E-state index in [1.54, 1.807) is 17.5 Å². The Hall–Kier alpha value is -4.86. The number of aromatic nitrogens is 3. The smallest absolute Gasteiger partial charge is 0.276 e. The number of carbonyl (C=O) groups excluding carboxylic acids is 2. The van der Waals surface area contributed by atoms with Gasteiger partial charge in [-0.25, -0.2) is 14.4 Å². The average Bonchev–Trinajstić information content (AvgIpc) is 3.69. The summed E-state index contributed by atoms with van der Waals surface area (Å²) < 4.78 is 16.3. The van der Waals surface area contributed by atoms with Crippen molar-refractivity contribution in [3.8, 4) is 11.1 Å². The predicted molar refractivity (Wildman–Crippen MR) is 195 cm³/mol. The molecule has 0 saturated carbocycles. The van der Waals surface area contributed by atoms with Crippen LogP contribution in [-0.2, 0) is 5.67 Å². The van der Waals surface area contributed by atoms with E-state index in [1.165, 1.54) is 25.2 Å².